The molecular formula is C13H18BrNO. The minimum Gasteiger partial charge on any atom is -0.496 e. The number of hydrogen-bond acceptors (Lipinski definition) is 2. The molecule has 0 amide bonds. The first-order valence-electron chi connectivity index (χ1n) is 5.55. The Labute approximate surface area is 105 Å². The van der Waals surface area contributed by atoms with Crippen molar-refractivity contribution in [1.82, 2.24) is 0 Å². The molecule has 1 aliphatic carbocycles. The van der Waals surface area contributed by atoms with Gasteiger partial charge in [-0.3, -0.25) is 0 Å². The third kappa shape index (κ3) is 2.11. The van der Waals surface area contributed by atoms with E-state index in [2.05, 4.69) is 35.8 Å². The summed E-state index contributed by atoms with van der Waals surface area (Å²) in [4.78, 5) is 0. The van der Waals surface area contributed by atoms with Crippen molar-refractivity contribution in [2.24, 2.45) is 17.1 Å². The first-order valence-corrected chi connectivity index (χ1v) is 6.34. The van der Waals surface area contributed by atoms with Crippen LogP contribution in [0.5, 0.6) is 5.75 Å². The topological polar surface area (TPSA) is 35.2 Å². The summed E-state index contributed by atoms with van der Waals surface area (Å²) in [5.74, 6) is 1.45. The Morgan fingerprint density at radius 2 is 2.12 bits per heavy atom. The van der Waals surface area contributed by atoms with Crippen LogP contribution >= 0.6 is 15.9 Å². The largest absolute Gasteiger partial charge is 0.496 e. The van der Waals surface area contributed by atoms with Crippen molar-refractivity contribution in [2.45, 2.75) is 26.3 Å². The van der Waals surface area contributed by atoms with Gasteiger partial charge in [-0.05, 0) is 36.0 Å². The van der Waals surface area contributed by atoms with Crippen LogP contribution in [0.1, 0.15) is 31.9 Å². The summed E-state index contributed by atoms with van der Waals surface area (Å²) >= 11 is 3.48. The molecule has 1 aromatic rings. The van der Waals surface area contributed by atoms with Crippen molar-refractivity contribution >= 4 is 15.9 Å². The third-order valence-electron chi connectivity index (χ3n) is 3.57. The molecule has 0 heterocycles. The lowest BCUT2D eigenvalue weighted by atomic mass is 9.97. The second kappa shape index (κ2) is 4.04. The third-order valence-corrected chi connectivity index (χ3v) is 4.07. The lowest BCUT2D eigenvalue weighted by molar-refractivity contribution is 0.397. The molecule has 0 bridgehead atoms. The summed E-state index contributed by atoms with van der Waals surface area (Å²) in [6, 6.07) is 6.09. The van der Waals surface area contributed by atoms with Crippen LogP contribution in [0.25, 0.3) is 0 Å². The molecular weight excluding hydrogens is 266 g/mol. The number of halogens is 1. The quantitative estimate of drug-likeness (QED) is 0.922. The summed E-state index contributed by atoms with van der Waals surface area (Å²) in [6.07, 6.45) is 1.20. The Hall–Kier alpha value is -0.540. The molecule has 1 aromatic carbocycles. The highest BCUT2D eigenvalue weighted by molar-refractivity contribution is 9.10. The fourth-order valence-corrected chi connectivity index (χ4v) is 2.68. The molecule has 16 heavy (non-hydrogen) atoms. The lowest BCUT2D eigenvalue weighted by Crippen LogP contribution is -2.16. The van der Waals surface area contributed by atoms with Gasteiger partial charge in [-0.15, -0.1) is 0 Å². The molecule has 2 atom stereocenters. The van der Waals surface area contributed by atoms with Gasteiger partial charge in [0.25, 0.3) is 0 Å². The van der Waals surface area contributed by atoms with E-state index in [9.17, 15) is 0 Å². The van der Waals surface area contributed by atoms with E-state index in [1.807, 2.05) is 12.1 Å². The van der Waals surface area contributed by atoms with E-state index in [0.29, 0.717) is 11.3 Å². The Morgan fingerprint density at radius 1 is 1.50 bits per heavy atom. The molecule has 0 saturated heterocycles. The van der Waals surface area contributed by atoms with Crippen LogP contribution < -0.4 is 10.5 Å². The first-order chi connectivity index (χ1) is 7.45. The monoisotopic (exact) mass is 283 g/mol. The Kier molecular flexibility index (Phi) is 3.01. The molecule has 2 N–H and O–H groups in total. The van der Waals surface area contributed by atoms with Crippen LogP contribution in [0.2, 0.25) is 0 Å². The highest BCUT2D eigenvalue weighted by atomic mass is 79.9. The molecule has 1 fully saturated rings. The van der Waals surface area contributed by atoms with Gasteiger partial charge in [-0.2, -0.15) is 0 Å². The zero-order chi connectivity index (χ0) is 11.9. The van der Waals surface area contributed by atoms with Crippen LogP contribution in [0.15, 0.2) is 22.7 Å². The van der Waals surface area contributed by atoms with Gasteiger partial charge in [0.1, 0.15) is 5.75 Å². The molecule has 2 rings (SSSR count). The molecule has 2 nitrogen and oxygen atoms in total. The van der Waals surface area contributed by atoms with E-state index in [4.69, 9.17) is 10.5 Å². The number of rotatable bonds is 3. The number of nitrogens with two attached hydrogens (primary N) is 1. The van der Waals surface area contributed by atoms with Crippen molar-refractivity contribution in [3.63, 3.8) is 0 Å². The number of ether oxygens (including phenoxy) is 1. The molecule has 1 saturated carbocycles. The van der Waals surface area contributed by atoms with Crippen molar-refractivity contribution in [3.05, 3.63) is 28.2 Å². The van der Waals surface area contributed by atoms with Crippen molar-refractivity contribution < 1.29 is 4.74 Å². The second-order valence-corrected chi connectivity index (χ2v) is 6.13. The van der Waals surface area contributed by atoms with E-state index in [-0.39, 0.29) is 6.04 Å². The maximum atomic E-state index is 6.32. The van der Waals surface area contributed by atoms with Gasteiger partial charge in [0.05, 0.1) is 7.11 Å². The minimum absolute atomic E-state index is 0.0717. The predicted octanol–water partition coefficient (Wildman–Crippen LogP) is 3.50. The minimum atomic E-state index is 0.0717. The average molecular weight is 284 g/mol. The zero-order valence-corrected chi connectivity index (χ0v) is 11.5. The molecule has 0 radical (unpaired) electrons. The van der Waals surface area contributed by atoms with Gasteiger partial charge >= 0.3 is 0 Å². The molecule has 0 aromatic heterocycles. The average Bonchev–Trinajstić information content (AvgIpc) is 2.86. The Balaban J connectivity index is 2.29. The summed E-state index contributed by atoms with van der Waals surface area (Å²) < 4.78 is 6.42. The molecule has 2 unspecified atom stereocenters. The molecule has 88 valence electrons. The molecule has 1 aliphatic rings. The van der Waals surface area contributed by atoms with Crippen molar-refractivity contribution in [1.29, 1.82) is 0 Å². The molecule has 3 heteroatoms. The second-order valence-electron chi connectivity index (χ2n) is 5.21. The van der Waals surface area contributed by atoms with E-state index in [1.165, 1.54) is 6.42 Å². The van der Waals surface area contributed by atoms with Gasteiger partial charge in [0.15, 0.2) is 0 Å². The normalized spacial score (nSPS) is 23.9. The number of methoxy groups -OCH3 is 1. The lowest BCUT2D eigenvalue weighted by Gasteiger charge is -2.17. The van der Waals surface area contributed by atoms with Crippen LogP contribution in [0.3, 0.4) is 0 Å². The van der Waals surface area contributed by atoms with E-state index < -0.39 is 0 Å². The van der Waals surface area contributed by atoms with E-state index in [1.54, 1.807) is 7.11 Å². The fourth-order valence-electron chi connectivity index (χ4n) is 2.30. The van der Waals surface area contributed by atoms with Crippen LogP contribution in [-0.4, -0.2) is 7.11 Å². The fraction of sp³-hybridized carbons (Fsp3) is 0.538. The number of benzene rings is 1. The van der Waals surface area contributed by atoms with Crippen LogP contribution in [-0.2, 0) is 0 Å². The predicted molar refractivity (Wildman–Crippen MR) is 69.5 cm³/mol. The maximum Gasteiger partial charge on any atom is 0.123 e. The summed E-state index contributed by atoms with van der Waals surface area (Å²) in [5, 5.41) is 0. The zero-order valence-electron chi connectivity index (χ0n) is 9.96. The SMILES string of the molecule is COc1ccc(Br)cc1C(N)C1CC1(C)C. The van der Waals surface area contributed by atoms with Crippen molar-refractivity contribution in [3.8, 4) is 5.75 Å². The summed E-state index contributed by atoms with van der Waals surface area (Å²) in [7, 11) is 1.69. The van der Waals surface area contributed by atoms with Gasteiger partial charge in [0, 0.05) is 16.1 Å². The Morgan fingerprint density at radius 3 is 2.62 bits per heavy atom. The van der Waals surface area contributed by atoms with Gasteiger partial charge < -0.3 is 10.5 Å². The standard InChI is InChI=1S/C13H18BrNO/c1-13(2)7-10(13)12(15)9-6-8(14)4-5-11(9)16-3/h4-6,10,12H,7,15H2,1-3H3. The highest BCUT2D eigenvalue weighted by Crippen LogP contribution is 2.57. The van der Waals surface area contributed by atoms with E-state index in [0.717, 1.165) is 15.8 Å². The van der Waals surface area contributed by atoms with Gasteiger partial charge in [0.2, 0.25) is 0 Å². The summed E-state index contributed by atoms with van der Waals surface area (Å²) in [5.41, 5.74) is 7.81. The molecule has 0 spiro atoms. The first kappa shape index (κ1) is 11.9. The smallest absolute Gasteiger partial charge is 0.123 e. The highest BCUT2D eigenvalue weighted by Gasteiger charge is 2.49. The molecule has 0 aliphatic heterocycles. The number of hydrogen-bond donors (Lipinski definition) is 1. The van der Waals surface area contributed by atoms with Crippen LogP contribution in [0, 0.1) is 11.3 Å². The summed E-state index contributed by atoms with van der Waals surface area (Å²) in [6.45, 7) is 4.53. The van der Waals surface area contributed by atoms with E-state index >= 15 is 0 Å². The van der Waals surface area contributed by atoms with Gasteiger partial charge in [-0.1, -0.05) is 29.8 Å². The van der Waals surface area contributed by atoms with Crippen molar-refractivity contribution in [2.75, 3.05) is 7.11 Å². The maximum absolute atomic E-state index is 6.32. The van der Waals surface area contributed by atoms with Crippen LogP contribution in [0.4, 0.5) is 0 Å². The Bertz CT molecular complexity index is 403. The van der Waals surface area contributed by atoms with Gasteiger partial charge in [-0.25, -0.2) is 0 Å².